The molecule has 2 atom stereocenters. The molecule has 0 radical (unpaired) electrons. The van der Waals surface area contributed by atoms with E-state index in [2.05, 4.69) is 41.2 Å². The number of rotatable bonds is 6. The maximum atomic E-state index is 5.57. The zero-order valence-electron chi connectivity index (χ0n) is 18.2. The molecular formula is C21H42IN5O. The molecule has 3 fully saturated rings. The van der Waals surface area contributed by atoms with Crippen LogP contribution < -0.4 is 10.6 Å². The molecule has 0 aromatic carbocycles. The van der Waals surface area contributed by atoms with Crippen molar-refractivity contribution in [3.63, 3.8) is 0 Å². The molecule has 2 saturated heterocycles. The second kappa shape index (κ2) is 12.5. The van der Waals surface area contributed by atoms with Crippen molar-refractivity contribution >= 4 is 29.9 Å². The third-order valence-electron chi connectivity index (χ3n) is 6.55. The lowest BCUT2D eigenvalue weighted by Crippen LogP contribution is -2.51. The highest BCUT2D eigenvalue weighted by molar-refractivity contribution is 14.0. The number of halogens is 1. The van der Waals surface area contributed by atoms with Gasteiger partial charge in [-0.25, -0.2) is 0 Å². The summed E-state index contributed by atoms with van der Waals surface area (Å²) in [5.41, 5.74) is 0. The predicted octanol–water partition coefficient (Wildman–Crippen LogP) is 2.68. The molecule has 0 aromatic rings. The summed E-state index contributed by atoms with van der Waals surface area (Å²) < 4.78 is 5.57. The number of morpholine rings is 1. The Morgan fingerprint density at radius 2 is 1.86 bits per heavy atom. The molecule has 0 amide bonds. The molecule has 2 unspecified atom stereocenters. The minimum atomic E-state index is 0. The quantitative estimate of drug-likeness (QED) is 0.329. The summed E-state index contributed by atoms with van der Waals surface area (Å²) in [5.74, 6) is 0.990. The van der Waals surface area contributed by atoms with Crippen molar-refractivity contribution in [2.24, 2.45) is 4.99 Å². The summed E-state index contributed by atoms with van der Waals surface area (Å²) in [6.45, 7) is 13.6. The lowest BCUT2D eigenvalue weighted by atomic mass is 10.0. The van der Waals surface area contributed by atoms with Crippen molar-refractivity contribution in [1.82, 2.24) is 20.4 Å². The first-order valence-corrected chi connectivity index (χ1v) is 11.3. The molecule has 7 heteroatoms. The van der Waals surface area contributed by atoms with E-state index in [1.165, 1.54) is 51.6 Å². The number of hydrogen-bond acceptors (Lipinski definition) is 4. The van der Waals surface area contributed by atoms with Gasteiger partial charge in [0.2, 0.25) is 0 Å². The van der Waals surface area contributed by atoms with Crippen molar-refractivity contribution in [1.29, 1.82) is 0 Å². The second-order valence-corrected chi connectivity index (χ2v) is 8.62. The number of likely N-dealkylation sites (tertiary alicyclic amines) is 1. The number of hydrogen-bond donors (Lipinski definition) is 2. The van der Waals surface area contributed by atoms with Crippen LogP contribution in [0.15, 0.2) is 4.99 Å². The van der Waals surface area contributed by atoms with Crippen molar-refractivity contribution < 1.29 is 4.74 Å². The van der Waals surface area contributed by atoms with Crippen LogP contribution in [-0.2, 0) is 4.74 Å². The van der Waals surface area contributed by atoms with Crippen LogP contribution in [0, 0.1) is 0 Å². The fraction of sp³-hybridized carbons (Fsp3) is 0.952. The fourth-order valence-electron chi connectivity index (χ4n) is 4.91. The maximum absolute atomic E-state index is 5.57. The predicted molar refractivity (Wildman–Crippen MR) is 128 cm³/mol. The van der Waals surface area contributed by atoms with Gasteiger partial charge in [-0.05, 0) is 46.5 Å². The molecule has 2 aliphatic heterocycles. The number of aliphatic imine (C=N–C) groups is 1. The molecule has 0 spiro atoms. The van der Waals surface area contributed by atoms with E-state index in [9.17, 15) is 0 Å². The smallest absolute Gasteiger partial charge is 0.191 e. The molecule has 0 bridgehead atoms. The van der Waals surface area contributed by atoms with Crippen LogP contribution in [0.4, 0.5) is 0 Å². The maximum Gasteiger partial charge on any atom is 0.191 e. The number of guanidine groups is 1. The van der Waals surface area contributed by atoms with Crippen LogP contribution in [-0.4, -0.2) is 85.9 Å². The van der Waals surface area contributed by atoms with E-state index in [0.29, 0.717) is 18.1 Å². The SMILES string of the molecule is CCNC(=NCC(C)N1CCOCC1C)NC1CCN(C2CCCC2)CC1.I. The van der Waals surface area contributed by atoms with Crippen LogP contribution in [0.1, 0.15) is 59.3 Å². The first kappa shape index (κ1) is 24.2. The van der Waals surface area contributed by atoms with E-state index < -0.39 is 0 Å². The van der Waals surface area contributed by atoms with E-state index in [0.717, 1.165) is 44.8 Å². The van der Waals surface area contributed by atoms with Gasteiger partial charge in [0.1, 0.15) is 0 Å². The monoisotopic (exact) mass is 507 g/mol. The van der Waals surface area contributed by atoms with E-state index >= 15 is 0 Å². The topological polar surface area (TPSA) is 52.1 Å². The lowest BCUT2D eigenvalue weighted by Gasteiger charge is -2.38. The van der Waals surface area contributed by atoms with Gasteiger partial charge in [-0.3, -0.25) is 9.89 Å². The van der Waals surface area contributed by atoms with Gasteiger partial charge in [-0.15, -0.1) is 24.0 Å². The van der Waals surface area contributed by atoms with Crippen molar-refractivity contribution in [2.45, 2.75) is 83.5 Å². The van der Waals surface area contributed by atoms with Crippen LogP contribution in [0.5, 0.6) is 0 Å². The average molecular weight is 508 g/mol. The first-order valence-electron chi connectivity index (χ1n) is 11.3. The highest BCUT2D eigenvalue weighted by atomic mass is 127. The van der Waals surface area contributed by atoms with E-state index in [1.807, 2.05) is 0 Å². The molecule has 164 valence electrons. The molecule has 3 aliphatic rings. The van der Waals surface area contributed by atoms with Gasteiger partial charge in [0, 0.05) is 50.3 Å². The first-order chi connectivity index (χ1) is 13.2. The highest BCUT2D eigenvalue weighted by Crippen LogP contribution is 2.26. The van der Waals surface area contributed by atoms with Gasteiger partial charge in [0.05, 0.1) is 19.8 Å². The zero-order valence-corrected chi connectivity index (χ0v) is 20.5. The van der Waals surface area contributed by atoms with Crippen molar-refractivity contribution in [2.75, 3.05) is 45.9 Å². The minimum Gasteiger partial charge on any atom is -0.379 e. The Hall–Kier alpha value is -0.120. The van der Waals surface area contributed by atoms with Gasteiger partial charge < -0.3 is 20.3 Å². The van der Waals surface area contributed by atoms with E-state index in [4.69, 9.17) is 9.73 Å². The third-order valence-corrected chi connectivity index (χ3v) is 6.55. The van der Waals surface area contributed by atoms with Crippen molar-refractivity contribution in [3.8, 4) is 0 Å². The molecule has 28 heavy (non-hydrogen) atoms. The number of nitrogens with zero attached hydrogens (tertiary/aromatic N) is 3. The average Bonchev–Trinajstić information content (AvgIpc) is 3.22. The molecule has 1 aliphatic carbocycles. The largest absolute Gasteiger partial charge is 0.379 e. The molecule has 6 nitrogen and oxygen atoms in total. The summed E-state index contributed by atoms with van der Waals surface area (Å²) in [7, 11) is 0. The number of nitrogens with one attached hydrogen (secondary N) is 2. The summed E-state index contributed by atoms with van der Waals surface area (Å²) in [6.07, 6.45) is 8.16. The van der Waals surface area contributed by atoms with Crippen LogP contribution >= 0.6 is 24.0 Å². The highest BCUT2D eigenvalue weighted by Gasteiger charge is 2.27. The lowest BCUT2D eigenvalue weighted by molar-refractivity contribution is -0.0166. The molecule has 3 rings (SSSR count). The van der Waals surface area contributed by atoms with Gasteiger partial charge in [-0.1, -0.05) is 12.8 Å². The number of piperidine rings is 1. The molecule has 0 aromatic heterocycles. The zero-order chi connectivity index (χ0) is 19.1. The Kier molecular flexibility index (Phi) is 10.8. The Balaban J connectivity index is 0.00000280. The summed E-state index contributed by atoms with van der Waals surface area (Å²) >= 11 is 0. The molecule has 2 heterocycles. The van der Waals surface area contributed by atoms with Crippen LogP contribution in [0.3, 0.4) is 0 Å². The third kappa shape index (κ3) is 6.99. The standard InChI is InChI=1S/C21H41N5O.HI/c1-4-22-21(23-15-17(2)26-13-14-27-16-18(26)3)24-19-9-11-25(12-10-19)20-7-5-6-8-20;/h17-20H,4-16H2,1-3H3,(H2,22,23,24);1H. The van der Waals surface area contributed by atoms with Crippen molar-refractivity contribution in [3.05, 3.63) is 0 Å². The molecule has 1 saturated carbocycles. The summed E-state index contributed by atoms with van der Waals surface area (Å²) in [4.78, 5) is 10.2. The summed E-state index contributed by atoms with van der Waals surface area (Å²) in [5, 5.41) is 7.15. The number of ether oxygens (including phenoxy) is 1. The Morgan fingerprint density at radius 1 is 1.14 bits per heavy atom. The van der Waals surface area contributed by atoms with E-state index in [1.54, 1.807) is 0 Å². The molecule has 2 N–H and O–H groups in total. The Bertz CT molecular complexity index is 464. The van der Waals surface area contributed by atoms with Gasteiger partial charge in [0.15, 0.2) is 5.96 Å². The Morgan fingerprint density at radius 3 is 2.50 bits per heavy atom. The van der Waals surface area contributed by atoms with Crippen LogP contribution in [0.2, 0.25) is 0 Å². The van der Waals surface area contributed by atoms with Crippen LogP contribution in [0.25, 0.3) is 0 Å². The van der Waals surface area contributed by atoms with Gasteiger partial charge in [0.25, 0.3) is 0 Å². The minimum absolute atomic E-state index is 0. The van der Waals surface area contributed by atoms with E-state index in [-0.39, 0.29) is 24.0 Å². The normalized spacial score (nSPS) is 27.4. The fourth-order valence-corrected chi connectivity index (χ4v) is 4.91. The van der Waals surface area contributed by atoms with Gasteiger partial charge >= 0.3 is 0 Å². The Labute approximate surface area is 189 Å². The van der Waals surface area contributed by atoms with Gasteiger partial charge in [-0.2, -0.15) is 0 Å². The second-order valence-electron chi connectivity index (χ2n) is 8.62. The summed E-state index contributed by atoms with van der Waals surface area (Å²) in [6, 6.07) is 2.35. The molecular weight excluding hydrogens is 465 g/mol.